The molecule has 6 nitrogen and oxygen atoms in total. The van der Waals surface area contributed by atoms with Crippen LogP contribution in [0.25, 0.3) is 10.9 Å². The van der Waals surface area contributed by atoms with Gasteiger partial charge in [0, 0.05) is 37.9 Å². The molecule has 2 aromatic carbocycles. The highest BCUT2D eigenvalue weighted by atomic mass is 32.2. The van der Waals surface area contributed by atoms with Gasteiger partial charge in [-0.05, 0) is 55.0 Å². The Morgan fingerprint density at radius 3 is 2.53 bits per heavy atom. The van der Waals surface area contributed by atoms with E-state index in [1.807, 2.05) is 4.68 Å². The van der Waals surface area contributed by atoms with Gasteiger partial charge in [0.15, 0.2) is 0 Å². The van der Waals surface area contributed by atoms with Gasteiger partial charge in [-0.15, -0.1) is 0 Å². The normalized spacial score (nSPS) is 15.8. The molecule has 3 aromatic rings. The summed E-state index contributed by atoms with van der Waals surface area (Å²) in [4.78, 5) is -0.0664. The van der Waals surface area contributed by atoms with Crippen LogP contribution >= 0.6 is 0 Å². The predicted molar refractivity (Wildman–Crippen MR) is 124 cm³/mol. The first-order valence-electron chi connectivity index (χ1n) is 11.3. The zero-order valence-corrected chi connectivity index (χ0v) is 19.9. The Morgan fingerprint density at radius 1 is 1.15 bits per heavy atom. The van der Waals surface area contributed by atoms with E-state index in [-0.39, 0.29) is 23.0 Å². The van der Waals surface area contributed by atoms with Crippen LogP contribution in [0.4, 0.5) is 18.9 Å². The Balaban J connectivity index is 1.71. The van der Waals surface area contributed by atoms with Crippen molar-refractivity contribution < 1.29 is 26.3 Å². The molecular weight excluding hydrogens is 467 g/mol. The molecule has 1 aliphatic rings. The molecule has 4 rings (SSSR count). The summed E-state index contributed by atoms with van der Waals surface area (Å²) in [7, 11) is -4.26. The van der Waals surface area contributed by atoms with E-state index < -0.39 is 21.8 Å². The van der Waals surface area contributed by atoms with Crippen LogP contribution in [0.15, 0.2) is 53.6 Å². The standard InChI is InChI=1S/C24H28F3N3O3S/c1-17(2)14-30(23-6-4-3-5-21(23)24(25,26)27)34(31,32)20-7-8-22-19(13-20)16-29(28-22)15-18-9-11-33-12-10-18/h3-8,13,16-18H,9-12,14-15H2,1-2H3. The molecule has 2 heterocycles. The van der Waals surface area contributed by atoms with Gasteiger partial charge in [0.2, 0.25) is 0 Å². The average molecular weight is 496 g/mol. The van der Waals surface area contributed by atoms with Gasteiger partial charge < -0.3 is 4.74 Å². The lowest BCUT2D eigenvalue weighted by molar-refractivity contribution is -0.137. The number of alkyl halides is 3. The molecule has 0 atom stereocenters. The molecule has 0 amide bonds. The van der Waals surface area contributed by atoms with Crippen molar-refractivity contribution in [2.24, 2.45) is 11.8 Å². The number of hydrogen-bond donors (Lipinski definition) is 0. The lowest BCUT2D eigenvalue weighted by Gasteiger charge is -2.28. The average Bonchev–Trinajstić information content (AvgIpc) is 3.19. The third kappa shape index (κ3) is 5.22. The monoisotopic (exact) mass is 495 g/mol. The van der Waals surface area contributed by atoms with Crippen molar-refractivity contribution in [3.05, 3.63) is 54.2 Å². The van der Waals surface area contributed by atoms with Gasteiger partial charge >= 0.3 is 6.18 Å². The Labute approximate surface area is 197 Å². The summed E-state index contributed by atoms with van der Waals surface area (Å²) in [6.07, 6.45) is -1.01. The van der Waals surface area contributed by atoms with Crippen LogP contribution in [0.2, 0.25) is 0 Å². The zero-order valence-electron chi connectivity index (χ0n) is 19.1. The van der Waals surface area contributed by atoms with Gasteiger partial charge in [0.1, 0.15) is 0 Å². The van der Waals surface area contributed by atoms with E-state index in [9.17, 15) is 21.6 Å². The highest BCUT2D eigenvalue weighted by Crippen LogP contribution is 2.39. The first-order chi connectivity index (χ1) is 16.1. The topological polar surface area (TPSA) is 64.4 Å². The minimum absolute atomic E-state index is 0.0664. The van der Waals surface area contributed by atoms with E-state index in [1.165, 1.54) is 30.3 Å². The largest absolute Gasteiger partial charge is 0.418 e. The van der Waals surface area contributed by atoms with E-state index in [1.54, 1.807) is 26.1 Å². The highest BCUT2D eigenvalue weighted by molar-refractivity contribution is 7.92. The number of para-hydroxylation sites is 1. The fourth-order valence-electron chi connectivity index (χ4n) is 4.22. The van der Waals surface area contributed by atoms with Crippen LogP contribution in [0, 0.1) is 11.8 Å². The number of aromatic nitrogens is 2. The van der Waals surface area contributed by atoms with Crippen LogP contribution < -0.4 is 4.31 Å². The third-order valence-corrected chi connectivity index (χ3v) is 7.68. The molecule has 184 valence electrons. The Bertz CT molecular complexity index is 1250. The first-order valence-corrected chi connectivity index (χ1v) is 12.7. The summed E-state index contributed by atoms with van der Waals surface area (Å²) in [5.74, 6) is 0.244. The van der Waals surface area contributed by atoms with Crippen molar-refractivity contribution in [1.82, 2.24) is 9.78 Å². The van der Waals surface area contributed by atoms with E-state index >= 15 is 0 Å². The second-order valence-electron chi connectivity index (χ2n) is 9.07. The molecule has 0 unspecified atom stereocenters. The summed E-state index contributed by atoms with van der Waals surface area (Å²) in [5, 5.41) is 5.17. The Morgan fingerprint density at radius 2 is 1.85 bits per heavy atom. The number of nitrogens with zero attached hydrogens (tertiary/aromatic N) is 3. The van der Waals surface area contributed by atoms with Crippen molar-refractivity contribution in [3.63, 3.8) is 0 Å². The number of sulfonamides is 1. The first kappa shape index (κ1) is 24.5. The second-order valence-corrected chi connectivity index (χ2v) is 10.9. The molecule has 1 fully saturated rings. The predicted octanol–water partition coefficient (Wildman–Crippen LogP) is 5.33. The molecule has 1 aliphatic heterocycles. The third-order valence-electron chi connectivity index (χ3n) is 5.91. The zero-order chi connectivity index (χ0) is 24.5. The summed E-state index contributed by atoms with van der Waals surface area (Å²) in [5.41, 5.74) is -0.722. The van der Waals surface area contributed by atoms with E-state index in [0.29, 0.717) is 23.4 Å². The lowest BCUT2D eigenvalue weighted by atomic mass is 10.0. The van der Waals surface area contributed by atoms with Gasteiger partial charge in [0.25, 0.3) is 10.0 Å². The molecular formula is C24H28F3N3O3S. The fourth-order valence-corrected chi connectivity index (χ4v) is 5.90. The van der Waals surface area contributed by atoms with Crippen LogP contribution in [-0.4, -0.2) is 38.0 Å². The van der Waals surface area contributed by atoms with E-state index in [4.69, 9.17) is 4.74 Å². The molecule has 10 heteroatoms. The van der Waals surface area contributed by atoms with Gasteiger partial charge in [-0.25, -0.2) is 8.42 Å². The van der Waals surface area contributed by atoms with Gasteiger partial charge in [-0.1, -0.05) is 26.0 Å². The number of ether oxygens (including phenoxy) is 1. The molecule has 1 aromatic heterocycles. The maximum Gasteiger partial charge on any atom is 0.418 e. The van der Waals surface area contributed by atoms with Crippen LogP contribution in [0.1, 0.15) is 32.3 Å². The van der Waals surface area contributed by atoms with Crippen LogP contribution in [0.5, 0.6) is 0 Å². The molecule has 0 aliphatic carbocycles. The van der Waals surface area contributed by atoms with Gasteiger partial charge in [-0.3, -0.25) is 8.99 Å². The molecule has 0 bridgehead atoms. The van der Waals surface area contributed by atoms with Crippen molar-refractivity contribution in [1.29, 1.82) is 0 Å². The maximum absolute atomic E-state index is 13.7. The molecule has 0 saturated carbocycles. The van der Waals surface area contributed by atoms with E-state index in [0.717, 1.165) is 36.4 Å². The SMILES string of the molecule is CC(C)CN(c1ccccc1C(F)(F)F)S(=O)(=O)c1ccc2nn(CC3CCOCC3)cc2c1. The number of benzene rings is 2. The van der Waals surface area contributed by atoms with Crippen molar-refractivity contribution in [3.8, 4) is 0 Å². The van der Waals surface area contributed by atoms with Gasteiger partial charge in [0.05, 0.1) is 21.7 Å². The summed E-state index contributed by atoms with van der Waals surface area (Å²) in [6, 6.07) is 9.28. The highest BCUT2D eigenvalue weighted by Gasteiger charge is 2.38. The smallest absolute Gasteiger partial charge is 0.381 e. The van der Waals surface area contributed by atoms with Crippen LogP contribution in [-0.2, 0) is 27.5 Å². The molecule has 0 N–H and O–H groups in total. The van der Waals surface area contributed by atoms with Crippen molar-refractivity contribution >= 4 is 26.6 Å². The second kappa shape index (κ2) is 9.58. The van der Waals surface area contributed by atoms with Crippen LogP contribution in [0.3, 0.4) is 0 Å². The Hall–Kier alpha value is -2.59. The number of rotatable bonds is 7. The Kier molecular flexibility index (Phi) is 6.91. The number of halogens is 3. The molecule has 0 spiro atoms. The number of anilines is 1. The minimum Gasteiger partial charge on any atom is -0.381 e. The summed E-state index contributed by atoms with van der Waals surface area (Å²) in [6.45, 7) is 5.59. The van der Waals surface area contributed by atoms with E-state index in [2.05, 4.69) is 5.10 Å². The van der Waals surface area contributed by atoms with Crippen molar-refractivity contribution in [2.75, 3.05) is 24.1 Å². The summed E-state index contributed by atoms with van der Waals surface area (Å²) < 4.78 is 76.4. The minimum atomic E-state index is -4.68. The number of hydrogen-bond acceptors (Lipinski definition) is 4. The lowest BCUT2D eigenvalue weighted by Crippen LogP contribution is -2.35. The molecule has 34 heavy (non-hydrogen) atoms. The van der Waals surface area contributed by atoms with Crippen molar-refractivity contribution in [2.45, 2.75) is 44.3 Å². The molecule has 1 saturated heterocycles. The maximum atomic E-state index is 13.7. The van der Waals surface area contributed by atoms with Gasteiger partial charge in [-0.2, -0.15) is 18.3 Å². The molecule has 0 radical (unpaired) electrons. The fraction of sp³-hybridized carbons (Fsp3) is 0.458. The summed E-state index contributed by atoms with van der Waals surface area (Å²) >= 11 is 0. The quantitative estimate of drug-likeness (QED) is 0.444. The number of fused-ring (bicyclic) bond motifs is 1.